The first-order valence-corrected chi connectivity index (χ1v) is 4.32. The number of hydrogen-bond acceptors (Lipinski definition) is 2. The molecule has 2 rings (SSSR count). The Morgan fingerprint density at radius 1 is 1.31 bits per heavy atom. The summed E-state index contributed by atoms with van der Waals surface area (Å²) in [5.41, 5.74) is -0.832. The van der Waals surface area contributed by atoms with Gasteiger partial charge in [0.2, 0.25) is 0 Å². The number of aromatic nitrogens is 2. The van der Waals surface area contributed by atoms with Gasteiger partial charge in [-0.2, -0.15) is 5.10 Å². The topological polar surface area (TPSA) is 55.1 Å². The van der Waals surface area contributed by atoms with Crippen molar-refractivity contribution in [3.8, 4) is 5.69 Å². The van der Waals surface area contributed by atoms with Crippen molar-refractivity contribution in [2.75, 3.05) is 0 Å². The highest BCUT2D eigenvalue weighted by atomic mass is 19.1. The van der Waals surface area contributed by atoms with Crippen LogP contribution in [0.25, 0.3) is 5.69 Å². The summed E-state index contributed by atoms with van der Waals surface area (Å²) in [6, 6.07) is 3.01. The van der Waals surface area contributed by atoms with E-state index in [4.69, 9.17) is 5.11 Å². The molecule has 1 aromatic heterocycles. The minimum Gasteiger partial charge on any atom is -0.478 e. The monoisotopic (exact) mass is 224 g/mol. The number of benzene rings is 1. The van der Waals surface area contributed by atoms with Gasteiger partial charge in [-0.05, 0) is 18.2 Å². The molecule has 4 nitrogen and oxygen atoms in total. The Hall–Kier alpha value is -2.24. The third-order valence-electron chi connectivity index (χ3n) is 2.00. The molecular formula is C10H6F2N2O2. The highest BCUT2D eigenvalue weighted by Crippen LogP contribution is 2.19. The molecule has 0 aliphatic heterocycles. The molecule has 0 amide bonds. The van der Waals surface area contributed by atoms with E-state index in [0.717, 1.165) is 16.8 Å². The summed E-state index contributed by atoms with van der Waals surface area (Å²) in [5.74, 6) is -3.33. The molecule has 2 aromatic rings. The summed E-state index contributed by atoms with van der Waals surface area (Å²) in [5, 5.41) is 12.3. The van der Waals surface area contributed by atoms with Crippen LogP contribution in [0.5, 0.6) is 0 Å². The fourth-order valence-corrected chi connectivity index (χ4v) is 1.31. The highest BCUT2D eigenvalue weighted by molar-refractivity contribution is 5.87. The zero-order chi connectivity index (χ0) is 11.7. The van der Waals surface area contributed by atoms with E-state index in [-0.39, 0.29) is 0 Å². The molecule has 82 valence electrons. The molecule has 0 aliphatic rings. The van der Waals surface area contributed by atoms with Crippen molar-refractivity contribution in [3.63, 3.8) is 0 Å². The van der Waals surface area contributed by atoms with Gasteiger partial charge in [0.1, 0.15) is 5.69 Å². The first-order chi connectivity index (χ1) is 7.59. The minimum absolute atomic E-state index is 0.394. The zero-order valence-corrected chi connectivity index (χ0v) is 7.89. The lowest BCUT2D eigenvalue weighted by Crippen LogP contribution is -2.06. The van der Waals surface area contributed by atoms with Crippen molar-refractivity contribution in [1.82, 2.24) is 9.78 Å². The van der Waals surface area contributed by atoms with Crippen molar-refractivity contribution in [2.45, 2.75) is 0 Å². The van der Waals surface area contributed by atoms with Crippen molar-refractivity contribution in [1.29, 1.82) is 0 Å². The van der Waals surface area contributed by atoms with Crippen LogP contribution in [0.15, 0.2) is 30.6 Å². The largest absolute Gasteiger partial charge is 0.478 e. The summed E-state index contributed by atoms with van der Waals surface area (Å²) < 4.78 is 27.9. The second-order valence-electron chi connectivity index (χ2n) is 3.04. The third-order valence-corrected chi connectivity index (χ3v) is 2.00. The number of nitrogens with zero attached hydrogens (tertiary/aromatic N) is 2. The van der Waals surface area contributed by atoms with E-state index in [2.05, 4.69) is 5.10 Å². The molecule has 0 spiro atoms. The second kappa shape index (κ2) is 3.73. The fraction of sp³-hybridized carbons (Fsp3) is 0. The van der Waals surface area contributed by atoms with Gasteiger partial charge >= 0.3 is 5.97 Å². The Bertz CT molecular complexity index is 515. The van der Waals surface area contributed by atoms with E-state index < -0.39 is 28.9 Å². The Balaban J connectivity index is 2.61. The van der Waals surface area contributed by atoms with Gasteiger partial charge in [-0.25, -0.2) is 18.3 Å². The van der Waals surface area contributed by atoms with Crippen LogP contribution in [0, 0.1) is 11.6 Å². The predicted molar refractivity (Wildman–Crippen MR) is 50.4 cm³/mol. The first kappa shape index (κ1) is 10.3. The first-order valence-electron chi connectivity index (χ1n) is 4.32. The van der Waals surface area contributed by atoms with Crippen LogP contribution in [-0.4, -0.2) is 20.9 Å². The average Bonchev–Trinajstić information content (AvgIpc) is 2.69. The molecule has 0 unspecified atom stereocenters. The van der Waals surface area contributed by atoms with Crippen LogP contribution in [-0.2, 0) is 0 Å². The molecule has 1 N–H and O–H groups in total. The summed E-state index contributed by atoms with van der Waals surface area (Å²) >= 11 is 0. The van der Waals surface area contributed by atoms with Crippen molar-refractivity contribution < 1.29 is 18.7 Å². The lowest BCUT2D eigenvalue weighted by atomic mass is 10.2. The molecular weight excluding hydrogens is 218 g/mol. The van der Waals surface area contributed by atoms with Crippen molar-refractivity contribution in [2.24, 2.45) is 0 Å². The lowest BCUT2D eigenvalue weighted by molar-refractivity contribution is 0.0695. The quantitative estimate of drug-likeness (QED) is 0.846. The van der Waals surface area contributed by atoms with Gasteiger partial charge in [0.15, 0.2) is 11.6 Å². The number of aromatic carboxylic acids is 1. The van der Waals surface area contributed by atoms with Gasteiger partial charge in [-0.1, -0.05) is 0 Å². The number of carbonyl (C=O) groups is 1. The molecule has 0 aliphatic carbocycles. The molecule has 0 fully saturated rings. The average molecular weight is 224 g/mol. The maximum absolute atomic E-state index is 13.5. The standard InChI is InChI=1S/C10H6F2N2O2/c11-7-4-6(10(15)16)5-8(12)9(7)14-3-1-2-13-14/h1-5H,(H,15,16). The van der Waals surface area contributed by atoms with Gasteiger partial charge in [-0.15, -0.1) is 0 Å². The maximum Gasteiger partial charge on any atom is 0.335 e. The highest BCUT2D eigenvalue weighted by Gasteiger charge is 2.16. The molecule has 0 saturated carbocycles. The van der Waals surface area contributed by atoms with Gasteiger partial charge in [0.05, 0.1) is 5.56 Å². The van der Waals surface area contributed by atoms with E-state index in [1.54, 1.807) is 0 Å². The molecule has 0 atom stereocenters. The van der Waals surface area contributed by atoms with E-state index in [1.165, 1.54) is 18.5 Å². The van der Waals surface area contributed by atoms with E-state index in [9.17, 15) is 13.6 Å². The lowest BCUT2D eigenvalue weighted by Gasteiger charge is -2.05. The van der Waals surface area contributed by atoms with Gasteiger partial charge < -0.3 is 5.11 Å². The van der Waals surface area contributed by atoms with Crippen LogP contribution in [0.2, 0.25) is 0 Å². The number of rotatable bonds is 2. The van der Waals surface area contributed by atoms with E-state index >= 15 is 0 Å². The number of carboxylic acid groups (broad SMARTS) is 1. The number of carboxylic acids is 1. The number of halogens is 2. The number of hydrogen-bond donors (Lipinski definition) is 1. The Kier molecular flexibility index (Phi) is 2.40. The van der Waals surface area contributed by atoms with Crippen molar-refractivity contribution >= 4 is 5.97 Å². The SMILES string of the molecule is O=C(O)c1cc(F)c(-n2cccn2)c(F)c1. The Morgan fingerprint density at radius 2 is 1.94 bits per heavy atom. The fourth-order valence-electron chi connectivity index (χ4n) is 1.31. The summed E-state index contributed by atoms with van der Waals surface area (Å²) in [6.45, 7) is 0. The van der Waals surface area contributed by atoms with Gasteiger partial charge in [0.25, 0.3) is 0 Å². The Labute approximate surface area is 88.7 Å². The van der Waals surface area contributed by atoms with Crippen molar-refractivity contribution in [3.05, 3.63) is 47.8 Å². The predicted octanol–water partition coefficient (Wildman–Crippen LogP) is 1.85. The molecule has 6 heteroatoms. The maximum atomic E-state index is 13.5. The summed E-state index contributed by atoms with van der Waals surface area (Å²) in [7, 11) is 0. The van der Waals surface area contributed by atoms with Crippen LogP contribution in [0.1, 0.15) is 10.4 Å². The van der Waals surface area contributed by atoms with Crippen LogP contribution in [0.3, 0.4) is 0 Å². The normalized spacial score (nSPS) is 10.4. The van der Waals surface area contributed by atoms with E-state index in [1.807, 2.05) is 0 Å². The van der Waals surface area contributed by atoms with Crippen LogP contribution in [0.4, 0.5) is 8.78 Å². The molecule has 0 bridgehead atoms. The molecule has 1 heterocycles. The molecule has 0 saturated heterocycles. The van der Waals surface area contributed by atoms with Gasteiger partial charge in [0, 0.05) is 12.4 Å². The van der Waals surface area contributed by atoms with Crippen LogP contribution < -0.4 is 0 Å². The van der Waals surface area contributed by atoms with Crippen LogP contribution >= 0.6 is 0 Å². The molecule has 0 radical (unpaired) electrons. The second-order valence-corrected chi connectivity index (χ2v) is 3.04. The zero-order valence-electron chi connectivity index (χ0n) is 7.89. The Morgan fingerprint density at radius 3 is 2.38 bits per heavy atom. The third kappa shape index (κ3) is 1.65. The summed E-state index contributed by atoms with van der Waals surface area (Å²) in [4.78, 5) is 10.5. The molecule has 1 aromatic carbocycles. The minimum atomic E-state index is -1.38. The van der Waals surface area contributed by atoms with E-state index in [0.29, 0.717) is 0 Å². The smallest absolute Gasteiger partial charge is 0.335 e. The van der Waals surface area contributed by atoms with Gasteiger partial charge in [-0.3, -0.25) is 0 Å². The summed E-state index contributed by atoms with van der Waals surface area (Å²) in [6.07, 6.45) is 2.73. The molecule has 16 heavy (non-hydrogen) atoms.